The molecule has 0 saturated carbocycles. The number of hydrogen-bond acceptors (Lipinski definition) is 5. The Labute approximate surface area is 167 Å². The Morgan fingerprint density at radius 3 is 2.75 bits per heavy atom. The summed E-state index contributed by atoms with van der Waals surface area (Å²) in [6, 6.07) is 0. The highest BCUT2D eigenvalue weighted by Gasteiger charge is 2.33. The molecule has 0 saturated heterocycles. The number of carbonyl (C=O) groups excluding carboxylic acids is 1. The molecule has 2 unspecified atom stereocenters. The molecule has 1 aromatic rings. The number of allylic oxidation sites excluding steroid dienone is 2. The molecule has 12 heteroatoms. The fourth-order valence-corrected chi connectivity index (χ4v) is 4.04. The number of rotatable bonds is 7. The van der Waals surface area contributed by atoms with Crippen molar-refractivity contribution in [3.05, 3.63) is 29.7 Å². The smallest absolute Gasteiger partial charge is 0.308 e. The van der Waals surface area contributed by atoms with Crippen LogP contribution < -0.4 is 4.90 Å². The molecule has 7 nitrogen and oxygen atoms in total. The Kier molecular flexibility index (Phi) is 7.29. The normalized spacial score (nSPS) is 16.7. The number of hydrogen-bond donors (Lipinski definition) is 1. The summed E-state index contributed by atoms with van der Waals surface area (Å²) in [5.74, 6) is -3.26. The number of hydroxylamine groups is 2. The summed E-state index contributed by atoms with van der Waals surface area (Å²) >= 11 is 6.15. The van der Waals surface area contributed by atoms with Crippen molar-refractivity contribution in [3.63, 3.8) is 0 Å². The number of anilines is 1. The fraction of sp³-hybridized carbons (Fsp3) is 0.500. The lowest BCUT2D eigenvalue weighted by Gasteiger charge is -2.23. The van der Waals surface area contributed by atoms with Crippen molar-refractivity contribution in [2.75, 3.05) is 29.5 Å². The highest BCUT2D eigenvalue weighted by molar-refractivity contribution is 7.85. The van der Waals surface area contributed by atoms with E-state index in [-0.39, 0.29) is 17.4 Å². The van der Waals surface area contributed by atoms with Crippen molar-refractivity contribution in [2.45, 2.75) is 20.0 Å². The molecule has 2 atom stereocenters. The Hall–Kier alpha value is -1.85. The van der Waals surface area contributed by atoms with E-state index in [1.807, 2.05) is 0 Å². The van der Waals surface area contributed by atoms with Gasteiger partial charge < -0.3 is 4.90 Å². The molecule has 0 aliphatic carbocycles. The minimum atomic E-state index is -4.55. The summed E-state index contributed by atoms with van der Waals surface area (Å²) in [4.78, 5) is 14.0. The Bertz CT molecular complexity index is 810. The summed E-state index contributed by atoms with van der Waals surface area (Å²) < 4.78 is 50.1. The van der Waals surface area contributed by atoms with Crippen LogP contribution in [0.3, 0.4) is 0 Å². The van der Waals surface area contributed by atoms with Crippen molar-refractivity contribution in [1.29, 1.82) is 0 Å². The second kappa shape index (κ2) is 9.10. The summed E-state index contributed by atoms with van der Waals surface area (Å²) in [6.45, 7) is 3.62. The Balaban J connectivity index is 2.17. The number of alkyl halides is 3. The molecular weight excluding hydrogens is 421 g/mol. The maximum absolute atomic E-state index is 12.7. The van der Waals surface area contributed by atoms with E-state index in [1.54, 1.807) is 19.1 Å². The molecule has 1 aromatic heterocycles. The molecule has 1 aliphatic rings. The van der Waals surface area contributed by atoms with Crippen LogP contribution >= 0.6 is 11.6 Å². The van der Waals surface area contributed by atoms with Gasteiger partial charge in [-0.2, -0.15) is 18.3 Å². The average molecular weight is 441 g/mol. The Morgan fingerprint density at radius 2 is 2.18 bits per heavy atom. The van der Waals surface area contributed by atoms with E-state index in [9.17, 15) is 27.4 Å². The van der Waals surface area contributed by atoms with E-state index >= 15 is 0 Å². The standard InChI is InChI=1S/C16H20ClF3N4O3S/c1-3-23(15(25)11(2)9-28(27)10-16(18,19)20)13-8-24(21-14(13)17)12-5-4-6-22(26)7-12/h4-5,7-8,11,26H,3,6,9-10H2,1-2H3. The van der Waals surface area contributed by atoms with Gasteiger partial charge in [0, 0.05) is 29.0 Å². The van der Waals surface area contributed by atoms with Gasteiger partial charge in [-0.3, -0.25) is 19.3 Å². The third kappa shape index (κ3) is 5.82. The lowest BCUT2D eigenvalue weighted by atomic mass is 10.2. The first-order chi connectivity index (χ1) is 13.0. The molecule has 0 aromatic carbocycles. The zero-order valence-electron chi connectivity index (χ0n) is 15.2. The molecule has 0 radical (unpaired) electrons. The third-order valence-electron chi connectivity index (χ3n) is 3.83. The number of aromatic nitrogens is 2. The zero-order valence-corrected chi connectivity index (χ0v) is 16.8. The average Bonchev–Trinajstić information content (AvgIpc) is 2.95. The molecule has 1 aliphatic heterocycles. The van der Waals surface area contributed by atoms with Crippen molar-refractivity contribution >= 4 is 39.7 Å². The second-order valence-corrected chi connectivity index (χ2v) is 8.04. The predicted octanol–water partition coefficient (Wildman–Crippen LogP) is 2.90. The fourth-order valence-electron chi connectivity index (χ4n) is 2.63. The van der Waals surface area contributed by atoms with Gasteiger partial charge >= 0.3 is 6.18 Å². The lowest BCUT2D eigenvalue weighted by molar-refractivity contribution is -0.121. The molecule has 0 fully saturated rings. The Morgan fingerprint density at radius 1 is 1.50 bits per heavy atom. The first kappa shape index (κ1) is 22.4. The summed E-state index contributed by atoms with van der Waals surface area (Å²) in [7, 11) is -2.20. The number of amides is 1. The first-order valence-corrected chi connectivity index (χ1v) is 10.2. The maximum Gasteiger partial charge on any atom is 0.400 e. The second-order valence-electron chi connectivity index (χ2n) is 6.18. The highest BCUT2D eigenvalue weighted by Crippen LogP contribution is 2.28. The molecule has 1 N–H and O–H groups in total. The SMILES string of the molecule is CCN(C(=O)C(C)CS(=O)CC(F)(F)F)c1cn(C2=CN(O)CC=C2)nc1Cl. The molecule has 2 rings (SSSR count). The maximum atomic E-state index is 12.7. The number of halogens is 4. The lowest BCUT2D eigenvalue weighted by Crippen LogP contribution is -2.38. The van der Waals surface area contributed by atoms with Crippen LogP contribution in [-0.4, -0.2) is 60.9 Å². The minimum Gasteiger partial charge on any atom is -0.308 e. The van der Waals surface area contributed by atoms with E-state index in [0.717, 1.165) is 5.06 Å². The quantitative estimate of drug-likeness (QED) is 0.705. The van der Waals surface area contributed by atoms with Crippen LogP contribution in [0.25, 0.3) is 5.70 Å². The van der Waals surface area contributed by atoms with E-state index in [2.05, 4.69) is 5.10 Å². The van der Waals surface area contributed by atoms with Crippen LogP contribution in [0.15, 0.2) is 24.5 Å². The topological polar surface area (TPSA) is 78.7 Å². The monoisotopic (exact) mass is 440 g/mol. The van der Waals surface area contributed by atoms with Gasteiger partial charge in [-0.1, -0.05) is 24.6 Å². The number of nitrogens with zero attached hydrogens (tertiary/aromatic N) is 4. The van der Waals surface area contributed by atoms with Crippen LogP contribution in [0.5, 0.6) is 0 Å². The minimum absolute atomic E-state index is 0.0168. The van der Waals surface area contributed by atoms with Crippen molar-refractivity contribution in [1.82, 2.24) is 14.8 Å². The molecule has 1 amide bonds. The molecular formula is C16H20ClF3N4O3S. The molecule has 0 bridgehead atoms. The van der Waals surface area contributed by atoms with Gasteiger partial charge in [0.25, 0.3) is 0 Å². The van der Waals surface area contributed by atoms with Crippen LogP contribution in [-0.2, 0) is 15.6 Å². The van der Waals surface area contributed by atoms with Crippen LogP contribution in [0.2, 0.25) is 5.15 Å². The molecule has 0 spiro atoms. The number of carbonyl (C=O) groups is 1. The van der Waals surface area contributed by atoms with E-state index in [0.29, 0.717) is 12.2 Å². The van der Waals surface area contributed by atoms with Gasteiger partial charge in [0.2, 0.25) is 5.91 Å². The molecule has 28 heavy (non-hydrogen) atoms. The van der Waals surface area contributed by atoms with Crippen LogP contribution in [0, 0.1) is 5.92 Å². The van der Waals surface area contributed by atoms with E-state index in [1.165, 1.54) is 28.9 Å². The third-order valence-corrected chi connectivity index (χ3v) is 5.62. The van der Waals surface area contributed by atoms with Gasteiger partial charge in [0.05, 0.1) is 24.6 Å². The molecule has 156 valence electrons. The van der Waals surface area contributed by atoms with E-state index < -0.39 is 40.3 Å². The van der Waals surface area contributed by atoms with Gasteiger partial charge in [-0.25, -0.2) is 4.68 Å². The van der Waals surface area contributed by atoms with Gasteiger partial charge in [0.15, 0.2) is 5.15 Å². The first-order valence-electron chi connectivity index (χ1n) is 8.34. The highest BCUT2D eigenvalue weighted by atomic mass is 35.5. The van der Waals surface area contributed by atoms with Gasteiger partial charge in [-0.05, 0) is 13.0 Å². The molecule has 2 heterocycles. The van der Waals surface area contributed by atoms with Crippen molar-refractivity contribution < 1.29 is 27.4 Å². The summed E-state index contributed by atoms with van der Waals surface area (Å²) in [5, 5.41) is 14.6. The summed E-state index contributed by atoms with van der Waals surface area (Å²) in [6.07, 6.45) is 1.77. The van der Waals surface area contributed by atoms with E-state index in [4.69, 9.17) is 11.6 Å². The predicted molar refractivity (Wildman–Crippen MR) is 100 cm³/mol. The van der Waals surface area contributed by atoms with Gasteiger partial charge in [0.1, 0.15) is 11.4 Å². The van der Waals surface area contributed by atoms with Gasteiger partial charge in [-0.15, -0.1) is 0 Å². The van der Waals surface area contributed by atoms with Crippen LogP contribution in [0.4, 0.5) is 18.9 Å². The van der Waals surface area contributed by atoms with Crippen molar-refractivity contribution in [2.24, 2.45) is 5.92 Å². The summed E-state index contributed by atoms with van der Waals surface area (Å²) in [5.41, 5.74) is 0.775. The zero-order chi connectivity index (χ0) is 21.1. The van der Waals surface area contributed by atoms with Crippen LogP contribution in [0.1, 0.15) is 13.8 Å². The largest absolute Gasteiger partial charge is 0.400 e. The van der Waals surface area contributed by atoms with Crippen molar-refractivity contribution in [3.8, 4) is 0 Å².